The van der Waals surface area contributed by atoms with Crippen LogP contribution in [0.2, 0.25) is 5.02 Å². The highest BCUT2D eigenvalue weighted by Crippen LogP contribution is 2.34. The van der Waals surface area contributed by atoms with Gasteiger partial charge in [0.2, 0.25) is 5.91 Å². The lowest BCUT2D eigenvalue weighted by atomic mass is 10.2. The van der Waals surface area contributed by atoms with Crippen LogP contribution in [0, 0.1) is 0 Å². The third-order valence-corrected chi connectivity index (χ3v) is 5.31. The minimum absolute atomic E-state index is 0.145. The molecule has 2 amide bonds. The molecule has 0 spiro atoms. The predicted molar refractivity (Wildman–Crippen MR) is 111 cm³/mol. The summed E-state index contributed by atoms with van der Waals surface area (Å²) < 4.78 is 0.940. The first-order chi connectivity index (χ1) is 12.4. The lowest BCUT2D eigenvalue weighted by Gasteiger charge is -2.10. The zero-order valence-corrected chi connectivity index (χ0v) is 16.0. The van der Waals surface area contributed by atoms with Crippen molar-refractivity contribution in [3.63, 3.8) is 0 Å². The number of hydrogen-bond donors (Lipinski definition) is 3. The Morgan fingerprint density at radius 1 is 1.00 bits per heavy atom. The second kappa shape index (κ2) is 7.82. The molecule has 26 heavy (non-hydrogen) atoms. The van der Waals surface area contributed by atoms with Crippen LogP contribution in [0.5, 0.6) is 0 Å². The molecule has 0 saturated heterocycles. The van der Waals surface area contributed by atoms with Crippen molar-refractivity contribution in [1.82, 2.24) is 5.32 Å². The standard InChI is InChI=1S/C18H14ClN3O2S2/c1-10(23)20-11-6-8-12(9-7-11)21-18(25)22-17(24)16-15(19)13-4-2-3-5-14(13)26-16/h2-9H,1H3,(H,20,23)(H2,21,22,24,25). The van der Waals surface area contributed by atoms with E-state index in [1.165, 1.54) is 18.3 Å². The fourth-order valence-electron chi connectivity index (χ4n) is 2.32. The summed E-state index contributed by atoms with van der Waals surface area (Å²) in [7, 11) is 0. The van der Waals surface area contributed by atoms with Gasteiger partial charge in [0.25, 0.3) is 5.91 Å². The Balaban J connectivity index is 1.66. The van der Waals surface area contributed by atoms with Gasteiger partial charge in [-0.25, -0.2) is 0 Å². The molecule has 3 rings (SSSR count). The Morgan fingerprint density at radius 2 is 1.62 bits per heavy atom. The van der Waals surface area contributed by atoms with E-state index in [0.29, 0.717) is 21.3 Å². The minimum Gasteiger partial charge on any atom is -0.332 e. The molecule has 3 N–H and O–H groups in total. The van der Waals surface area contributed by atoms with Crippen molar-refractivity contribution in [2.45, 2.75) is 6.92 Å². The average Bonchev–Trinajstić information content (AvgIpc) is 2.93. The van der Waals surface area contributed by atoms with Crippen LogP contribution in [0.4, 0.5) is 11.4 Å². The molecule has 0 radical (unpaired) electrons. The van der Waals surface area contributed by atoms with Gasteiger partial charge in [-0.15, -0.1) is 11.3 Å². The van der Waals surface area contributed by atoms with Crippen molar-refractivity contribution >= 4 is 73.5 Å². The lowest BCUT2D eigenvalue weighted by Crippen LogP contribution is -2.33. The van der Waals surface area contributed by atoms with E-state index in [0.717, 1.165) is 10.1 Å². The van der Waals surface area contributed by atoms with E-state index in [1.807, 2.05) is 24.3 Å². The van der Waals surface area contributed by atoms with Crippen molar-refractivity contribution in [2.75, 3.05) is 10.6 Å². The molecule has 0 unspecified atom stereocenters. The Labute approximate surface area is 164 Å². The highest BCUT2D eigenvalue weighted by Gasteiger charge is 2.17. The molecule has 0 fully saturated rings. The Bertz CT molecular complexity index is 999. The fourth-order valence-corrected chi connectivity index (χ4v) is 3.95. The number of halogens is 1. The average molecular weight is 404 g/mol. The molecule has 0 aliphatic rings. The van der Waals surface area contributed by atoms with Gasteiger partial charge < -0.3 is 10.6 Å². The second-order valence-corrected chi connectivity index (χ2v) is 7.25. The van der Waals surface area contributed by atoms with Gasteiger partial charge in [0.1, 0.15) is 4.88 Å². The molecule has 2 aromatic carbocycles. The summed E-state index contributed by atoms with van der Waals surface area (Å²) in [5.41, 5.74) is 1.36. The molecule has 5 nitrogen and oxygen atoms in total. The molecular formula is C18H14ClN3O2S2. The first-order valence-corrected chi connectivity index (χ1v) is 9.21. The van der Waals surface area contributed by atoms with Gasteiger partial charge in [-0.3, -0.25) is 14.9 Å². The Morgan fingerprint density at radius 3 is 2.23 bits per heavy atom. The van der Waals surface area contributed by atoms with Gasteiger partial charge in [-0.1, -0.05) is 29.8 Å². The molecule has 8 heteroatoms. The summed E-state index contributed by atoms with van der Waals surface area (Å²) >= 11 is 12.8. The van der Waals surface area contributed by atoms with Crippen LogP contribution < -0.4 is 16.0 Å². The predicted octanol–water partition coefficient (Wildman–Crippen LogP) is 4.64. The summed E-state index contributed by atoms with van der Waals surface area (Å²) in [6, 6.07) is 14.5. The van der Waals surface area contributed by atoms with Crippen molar-refractivity contribution in [3.05, 3.63) is 58.4 Å². The van der Waals surface area contributed by atoms with Crippen molar-refractivity contribution in [3.8, 4) is 0 Å². The molecule has 0 aliphatic carbocycles. The highest BCUT2D eigenvalue weighted by atomic mass is 35.5. The number of amides is 2. The normalized spacial score (nSPS) is 10.4. The van der Waals surface area contributed by atoms with E-state index in [1.54, 1.807) is 24.3 Å². The summed E-state index contributed by atoms with van der Waals surface area (Å²) in [5.74, 6) is -0.503. The first-order valence-electron chi connectivity index (χ1n) is 7.61. The molecule has 1 heterocycles. The van der Waals surface area contributed by atoms with E-state index in [9.17, 15) is 9.59 Å². The Kier molecular flexibility index (Phi) is 5.51. The van der Waals surface area contributed by atoms with Crippen molar-refractivity contribution in [1.29, 1.82) is 0 Å². The minimum atomic E-state index is -0.358. The Hall–Kier alpha value is -2.48. The van der Waals surface area contributed by atoms with E-state index in [4.69, 9.17) is 23.8 Å². The molecule has 0 saturated carbocycles. The number of thiocarbonyl (C=S) groups is 1. The zero-order chi connectivity index (χ0) is 18.7. The van der Waals surface area contributed by atoms with Crippen molar-refractivity contribution < 1.29 is 9.59 Å². The largest absolute Gasteiger partial charge is 0.332 e. The molecular weight excluding hydrogens is 390 g/mol. The number of carbonyl (C=O) groups is 2. The van der Waals surface area contributed by atoms with Crippen LogP contribution in [-0.4, -0.2) is 16.9 Å². The van der Waals surface area contributed by atoms with Crippen molar-refractivity contribution in [2.24, 2.45) is 0 Å². The van der Waals surface area contributed by atoms with E-state index >= 15 is 0 Å². The summed E-state index contributed by atoms with van der Waals surface area (Å²) in [4.78, 5) is 23.9. The quantitative estimate of drug-likeness (QED) is 0.557. The molecule has 0 aliphatic heterocycles. The first kappa shape index (κ1) is 18.3. The second-order valence-electron chi connectivity index (χ2n) is 5.41. The van der Waals surface area contributed by atoms with Gasteiger partial charge in [0.15, 0.2) is 5.11 Å². The number of benzene rings is 2. The number of thiophene rings is 1. The maximum Gasteiger partial charge on any atom is 0.269 e. The zero-order valence-electron chi connectivity index (χ0n) is 13.6. The molecule has 1 aromatic heterocycles. The summed E-state index contributed by atoms with van der Waals surface area (Å²) in [5, 5.41) is 9.66. The third-order valence-electron chi connectivity index (χ3n) is 3.43. The number of rotatable bonds is 3. The smallest absolute Gasteiger partial charge is 0.269 e. The van der Waals surface area contributed by atoms with Gasteiger partial charge in [-0.05, 0) is 42.5 Å². The van der Waals surface area contributed by atoms with Gasteiger partial charge in [0, 0.05) is 28.4 Å². The number of fused-ring (bicyclic) bond motifs is 1. The van der Waals surface area contributed by atoms with Crippen LogP contribution in [-0.2, 0) is 4.79 Å². The van der Waals surface area contributed by atoms with E-state index in [2.05, 4.69) is 16.0 Å². The van der Waals surface area contributed by atoms with Crippen LogP contribution in [0.25, 0.3) is 10.1 Å². The molecule has 0 bridgehead atoms. The SMILES string of the molecule is CC(=O)Nc1ccc(NC(=S)NC(=O)c2sc3ccccc3c2Cl)cc1. The lowest BCUT2D eigenvalue weighted by molar-refractivity contribution is -0.114. The van der Waals surface area contributed by atoms with Crippen LogP contribution in [0.3, 0.4) is 0 Å². The number of nitrogens with one attached hydrogen (secondary N) is 3. The van der Waals surface area contributed by atoms with Gasteiger partial charge in [0.05, 0.1) is 5.02 Å². The monoisotopic (exact) mass is 403 g/mol. The summed E-state index contributed by atoms with van der Waals surface area (Å²) in [6.07, 6.45) is 0. The van der Waals surface area contributed by atoms with E-state index in [-0.39, 0.29) is 16.9 Å². The maximum absolute atomic E-state index is 12.5. The number of carbonyl (C=O) groups excluding carboxylic acids is 2. The maximum atomic E-state index is 12.5. The summed E-state index contributed by atoms with van der Waals surface area (Å²) in [6.45, 7) is 1.44. The van der Waals surface area contributed by atoms with Gasteiger partial charge >= 0.3 is 0 Å². The number of hydrogen-bond acceptors (Lipinski definition) is 4. The fraction of sp³-hybridized carbons (Fsp3) is 0.0556. The highest BCUT2D eigenvalue weighted by molar-refractivity contribution is 7.80. The molecule has 3 aromatic rings. The molecule has 0 atom stereocenters. The molecule has 132 valence electrons. The third kappa shape index (κ3) is 4.19. The topological polar surface area (TPSA) is 70.2 Å². The van der Waals surface area contributed by atoms with Gasteiger partial charge in [-0.2, -0.15) is 0 Å². The van der Waals surface area contributed by atoms with E-state index < -0.39 is 0 Å². The number of anilines is 2. The van der Waals surface area contributed by atoms with Crippen LogP contribution >= 0.6 is 35.2 Å². The van der Waals surface area contributed by atoms with Crippen LogP contribution in [0.15, 0.2) is 48.5 Å². The van der Waals surface area contributed by atoms with Crippen LogP contribution in [0.1, 0.15) is 16.6 Å².